The van der Waals surface area contributed by atoms with Crippen LogP contribution in [0.1, 0.15) is 30.9 Å². The Hall–Kier alpha value is -1.39. The van der Waals surface area contributed by atoms with Crippen LogP contribution >= 0.6 is 0 Å². The van der Waals surface area contributed by atoms with Gasteiger partial charge >= 0.3 is 0 Å². The fourth-order valence-corrected chi connectivity index (χ4v) is 3.45. The summed E-state index contributed by atoms with van der Waals surface area (Å²) in [4.78, 5) is 14.6. The molecule has 3 rings (SSSR count). The van der Waals surface area contributed by atoms with Crippen LogP contribution in [0.25, 0.3) is 0 Å². The van der Waals surface area contributed by atoms with E-state index in [-0.39, 0.29) is 18.1 Å². The molecule has 2 atom stereocenters. The van der Waals surface area contributed by atoms with Crippen molar-refractivity contribution in [1.82, 2.24) is 10.2 Å². The first-order chi connectivity index (χ1) is 10.1. The van der Waals surface area contributed by atoms with Gasteiger partial charge in [0.25, 0.3) is 0 Å². The second-order valence-corrected chi connectivity index (χ2v) is 6.31. The second kappa shape index (κ2) is 6.16. The lowest BCUT2D eigenvalue weighted by Crippen LogP contribution is -2.52. The highest BCUT2D eigenvalue weighted by atomic mass is 16.3. The van der Waals surface area contributed by atoms with Gasteiger partial charge in [-0.3, -0.25) is 4.79 Å². The summed E-state index contributed by atoms with van der Waals surface area (Å²) < 4.78 is 0. The van der Waals surface area contributed by atoms with Gasteiger partial charge in [-0.15, -0.1) is 0 Å². The summed E-state index contributed by atoms with van der Waals surface area (Å²) in [6, 6.07) is 8.24. The topological polar surface area (TPSA) is 52.6 Å². The molecule has 21 heavy (non-hydrogen) atoms. The largest absolute Gasteiger partial charge is 0.393 e. The number of piperidine rings is 1. The highest BCUT2D eigenvalue weighted by molar-refractivity contribution is 5.82. The van der Waals surface area contributed by atoms with Crippen molar-refractivity contribution >= 4 is 5.91 Å². The van der Waals surface area contributed by atoms with Crippen LogP contribution in [0.3, 0.4) is 0 Å². The predicted octanol–water partition coefficient (Wildman–Crippen LogP) is 1.32. The number of hydrogen-bond acceptors (Lipinski definition) is 3. The Balaban J connectivity index is 1.60. The predicted molar refractivity (Wildman–Crippen MR) is 81.8 cm³/mol. The van der Waals surface area contributed by atoms with Crippen molar-refractivity contribution < 1.29 is 9.90 Å². The number of aliphatic hydroxyl groups is 1. The van der Waals surface area contributed by atoms with E-state index in [1.54, 1.807) is 0 Å². The Kier molecular flexibility index (Phi) is 4.27. The Morgan fingerprint density at radius 1 is 1.29 bits per heavy atom. The number of fused-ring (bicyclic) bond motifs is 1. The molecule has 0 aliphatic carbocycles. The maximum Gasteiger partial charge on any atom is 0.240 e. The van der Waals surface area contributed by atoms with Gasteiger partial charge in [-0.1, -0.05) is 24.3 Å². The number of carbonyl (C=O) groups excluding carboxylic acids is 1. The Labute approximate surface area is 126 Å². The lowest BCUT2D eigenvalue weighted by atomic mass is 9.90. The molecule has 114 valence electrons. The van der Waals surface area contributed by atoms with Gasteiger partial charge in [-0.25, -0.2) is 0 Å². The van der Waals surface area contributed by atoms with Crippen molar-refractivity contribution in [2.24, 2.45) is 5.92 Å². The van der Waals surface area contributed by atoms with Crippen LogP contribution in [0.2, 0.25) is 0 Å². The van der Waals surface area contributed by atoms with Crippen LogP contribution in [0, 0.1) is 5.92 Å². The number of likely N-dealkylation sites (tertiary alicyclic amines) is 1. The number of nitrogens with zero attached hydrogens (tertiary/aromatic N) is 1. The van der Waals surface area contributed by atoms with Crippen molar-refractivity contribution in [1.29, 1.82) is 0 Å². The minimum absolute atomic E-state index is 0.0944. The third kappa shape index (κ3) is 3.11. The third-order valence-electron chi connectivity index (χ3n) is 4.91. The fraction of sp³-hybridized carbons (Fsp3) is 0.588. The van der Waals surface area contributed by atoms with Crippen molar-refractivity contribution in [2.75, 3.05) is 13.1 Å². The number of hydrogen-bond donors (Lipinski definition) is 2. The zero-order chi connectivity index (χ0) is 14.8. The van der Waals surface area contributed by atoms with Gasteiger partial charge in [0.1, 0.15) is 0 Å². The number of rotatable bonds is 2. The van der Waals surface area contributed by atoms with E-state index in [1.165, 1.54) is 11.1 Å². The van der Waals surface area contributed by atoms with Crippen molar-refractivity contribution in [3.05, 3.63) is 35.4 Å². The van der Waals surface area contributed by atoms with E-state index in [1.807, 2.05) is 24.0 Å². The van der Waals surface area contributed by atoms with Crippen LogP contribution in [0.15, 0.2) is 24.3 Å². The molecule has 0 radical (unpaired) electrons. The summed E-state index contributed by atoms with van der Waals surface area (Å²) in [6.45, 7) is 4.17. The van der Waals surface area contributed by atoms with Gasteiger partial charge in [-0.05, 0) is 43.2 Å². The van der Waals surface area contributed by atoms with Gasteiger partial charge in [0.2, 0.25) is 5.91 Å². The molecule has 0 aromatic heterocycles. The molecule has 2 heterocycles. The molecule has 1 aromatic rings. The molecule has 4 heteroatoms. The SMILES string of the molecule is CC(O)C1CCN(C(=O)C2Cc3ccccc3CN2)CC1. The zero-order valence-electron chi connectivity index (χ0n) is 12.6. The minimum atomic E-state index is -0.262. The van der Waals surface area contributed by atoms with E-state index in [0.717, 1.165) is 38.9 Å². The van der Waals surface area contributed by atoms with E-state index in [4.69, 9.17) is 0 Å². The average molecular weight is 288 g/mol. The first kappa shape index (κ1) is 14.5. The van der Waals surface area contributed by atoms with Gasteiger partial charge in [0.15, 0.2) is 0 Å². The van der Waals surface area contributed by atoms with E-state index in [0.29, 0.717) is 5.92 Å². The van der Waals surface area contributed by atoms with Crippen LogP contribution in [-0.4, -0.2) is 41.1 Å². The monoisotopic (exact) mass is 288 g/mol. The molecular weight excluding hydrogens is 264 g/mol. The molecule has 4 nitrogen and oxygen atoms in total. The summed E-state index contributed by atoms with van der Waals surface area (Å²) in [5.74, 6) is 0.558. The Morgan fingerprint density at radius 2 is 1.95 bits per heavy atom. The standard InChI is InChI=1S/C17H24N2O2/c1-12(20)13-6-8-19(9-7-13)17(21)16-10-14-4-2-3-5-15(14)11-18-16/h2-5,12-13,16,18,20H,6-11H2,1H3. The zero-order valence-corrected chi connectivity index (χ0v) is 12.6. The molecular formula is C17H24N2O2. The van der Waals surface area contributed by atoms with E-state index >= 15 is 0 Å². The summed E-state index contributed by atoms with van der Waals surface area (Å²) in [5.41, 5.74) is 2.59. The maximum absolute atomic E-state index is 12.6. The number of amides is 1. The highest BCUT2D eigenvalue weighted by Crippen LogP contribution is 2.23. The summed E-state index contributed by atoms with van der Waals surface area (Å²) >= 11 is 0. The van der Waals surface area contributed by atoms with Gasteiger partial charge in [-0.2, -0.15) is 0 Å². The van der Waals surface area contributed by atoms with Crippen LogP contribution in [0.4, 0.5) is 0 Å². The van der Waals surface area contributed by atoms with Crippen molar-refractivity contribution in [2.45, 2.75) is 44.9 Å². The molecule has 1 aromatic carbocycles. The quantitative estimate of drug-likeness (QED) is 0.863. The van der Waals surface area contributed by atoms with Gasteiger partial charge in [0.05, 0.1) is 12.1 Å². The fourth-order valence-electron chi connectivity index (χ4n) is 3.45. The van der Waals surface area contributed by atoms with Crippen LogP contribution in [-0.2, 0) is 17.8 Å². The molecule has 2 N–H and O–H groups in total. The summed E-state index contributed by atoms with van der Waals surface area (Å²) in [6.07, 6.45) is 2.34. The second-order valence-electron chi connectivity index (χ2n) is 6.31. The molecule has 1 amide bonds. The molecule has 2 unspecified atom stereocenters. The lowest BCUT2D eigenvalue weighted by Gasteiger charge is -2.36. The smallest absolute Gasteiger partial charge is 0.240 e. The molecule has 0 spiro atoms. The van der Waals surface area contributed by atoms with E-state index in [9.17, 15) is 9.90 Å². The molecule has 2 aliphatic heterocycles. The summed E-state index contributed by atoms with van der Waals surface area (Å²) in [7, 11) is 0. The molecule has 2 aliphatic rings. The molecule has 0 bridgehead atoms. The van der Waals surface area contributed by atoms with Crippen molar-refractivity contribution in [3.63, 3.8) is 0 Å². The summed E-state index contributed by atoms with van der Waals surface area (Å²) in [5, 5.41) is 13.0. The third-order valence-corrected chi connectivity index (χ3v) is 4.91. The Bertz CT molecular complexity index is 507. The number of nitrogens with one attached hydrogen (secondary N) is 1. The van der Waals surface area contributed by atoms with Crippen molar-refractivity contribution in [3.8, 4) is 0 Å². The number of aliphatic hydroxyl groups excluding tert-OH is 1. The first-order valence-electron chi connectivity index (χ1n) is 7.92. The highest BCUT2D eigenvalue weighted by Gasteiger charge is 2.31. The Morgan fingerprint density at radius 3 is 2.62 bits per heavy atom. The van der Waals surface area contributed by atoms with E-state index < -0.39 is 0 Å². The average Bonchev–Trinajstić information content (AvgIpc) is 2.54. The first-order valence-corrected chi connectivity index (χ1v) is 7.92. The van der Waals surface area contributed by atoms with Gasteiger partial charge < -0.3 is 15.3 Å². The normalized spacial score (nSPS) is 24.5. The van der Waals surface area contributed by atoms with E-state index in [2.05, 4.69) is 17.4 Å². The lowest BCUT2D eigenvalue weighted by molar-refractivity contribution is -0.135. The molecule has 1 fully saturated rings. The van der Waals surface area contributed by atoms with Gasteiger partial charge in [0, 0.05) is 19.6 Å². The minimum Gasteiger partial charge on any atom is -0.393 e. The van der Waals surface area contributed by atoms with Crippen LogP contribution in [0.5, 0.6) is 0 Å². The van der Waals surface area contributed by atoms with Crippen LogP contribution < -0.4 is 5.32 Å². The molecule has 0 saturated carbocycles. The number of carbonyl (C=O) groups is 1. The maximum atomic E-state index is 12.6. The number of benzene rings is 1. The molecule has 1 saturated heterocycles.